The molecule has 0 bridgehead atoms. The predicted octanol–water partition coefficient (Wildman–Crippen LogP) is 3.65. The van der Waals surface area contributed by atoms with E-state index in [2.05, 4.69) is 55.8 Å². The van der Waals surface area contributed by atoms with Crippen LogP contribution in [0.4, 0.5) is 0 Å². The van der Waals surface area contributed by atoms with Crippen molar-refractivity contribution in [2.24, 2.45) is 17.8 Å². The van der Waals surface area contributed by atoms with Gasteiger partial charge in [-0.1, -0.05) is 41.5 Å². The molecule has 9 heteroatoms. The van der Waals surface area contributed by atoms with Gasteiger partial charge in [-0.3, -0.25) is 29.1 Å². The number of esters is 3. The molecule has 0 aromatic rings. The normalized spacial score (nSPS) is 13.6. The molecular weight excluding hydrogens is 462 g/mol. The second kappa shape index (κ2) is 21.4. The van der Waals surface area contributed by atoms with Crippen LogP contribution >= 0.6 is 0 Å². The summed E-state index contributed by atoms with van der Waals surface area (Å²) >= 11 is 0. The summed E-state index contributed by atoms with van der Waals surface area (Å²) in [5.41, 5.74) is 0. The molecule has 0 N–H and O–H groups in total. The molecule has 0 fully saturated rings. The summed E-state index contributed by atoms with van der Waals surface area (Å²) in [4.78, 5) is 39.2. The third-order valence-electron chi connectivity index (χ3n) is 5.57. The third-order valence-corrected chi connectivity index (χ3v) is 5.57. The smallest absolute Gasteiger partial charge is 0.322 e. The van der Waals surface area contributed by atoms with E-state index < -0.39 is 0 Å². The highest BCUT2D eigenvalue weighted by Gasteiger charge is 2.20. The minimum absolute atomic E-state index is 0. The molecule has 0 aromatic carbocycles. The van der Waals surface area contributed by atoms with E-state index in [1.807, 2.05) is 56.6 Å². The van der Waals surface area contributed by atoms with Gasteiger partial charge in [0.1, 0.15) is 18.1 Å². The standard InChI is InChI=1S/3C9H19NO2.H2/c3*1-7(2)6-10(4)8(3)9(11)12-5;/h3*7-8H,6H2,1-5H3;1H/t2*8-;;/m10../s1/i;;;1+1. The van der Waals surface area contributed by atoms with E-state index in [0.29, 0.717) is 17.8 Å². The Bertz CT molecular complexity index is 524. The number of ether oxygens (including phenoxy) is 3. The highest BCUT2D eigenvalue weighted by Crippen LogP contribution is 2.04. The van der Waals surface area contributed by atoms with E-state index in [9.17, 15) is 14.4 Å². The van der Waals surface area contributed by atoms with E-state index in [0.717, 1.165) is 19.6 Å². The minimum atomic E-state index is -0.168. The molecule has 0 aromatic heterocycles. The molecule has 0 rings (SSSR count). The lowest BCUT2D eigenvalue weighted by molar-refractivity contribution is -0.146. The first-order valence-corrected chi connectivity index (χ1v) is 12.8. The van der Waals surface area contributed by atoms with E-state index in [1.165, 1.54) is 21.3 Å². The Hall–Kier alpha value is -1.71. The SMILES string of the molecule is COC(=O)C(C)N(C)CC(C)C.COC(=O)[C@@H](C)N(C)CC(C)C.COC(=O)[C@H](C)N(C)CC(C)C.[2HH]. The number of hydrogen-bond acceptors (Lipinski definition) is 9. The number of likely N-dealkylation sites (N-methyl/N-ethyl adjacent to an activating group) is 3. The molecule has 36 heavy (non-hydrogen) atoms. The molecule has 0 aliphatic rings. The molecule has 0 radical (unpaired) electrons. The fraction of sp³-hybridized carbons (Fsp3) is 0.889. The molecule has 3 atom stereocenters. The third kappa shape index (κ3) is 19.5. The monoisotopic (exact) mass is 522 g/mol. The number of carbonyl (C=O) groups is 3. The quantitative estimate of drug-likeness (QED) is 0.281. The first-order valence-electron chi connectivity index (χ1n) is 12.8. The Morgan fingerprint density at radius 2 is 0.667 bits per heavy atom. The van der Waals surface area contributed by atoms with Gasteiger partial charge in [0.05, 0.1) is 21.3 Å². The van der Waals surface area contributed by atoms with Crippen molar-refractivity contribution in [3.8, 4) is 0 Å². The molecular formula is C27H59N3O6. The van der Waals surface area contributed by atoms with Crippen molar-refractivity contribution in [3.05, 3.63) is 0 Å². The van der Waals surface area contributed by atoms with Crippen LogP contribution in [0.2, 0.25) is 0 Å². The van der Waals surface area contributed by atoms with Crippen LogP contribution < -0.4 is 0 Å². The summed E-state index contributed by atoms with van der Waals surface area (Å²) in [6.07, 6.45) is 0. The van der Waals surface area contributed by atoms with Crippen LogP contribution in [0.3, 0.4) is 0 Å². The van der Waals surface area contributed by atoms with Crippen molar-refractivity contribution in [2.45, 2.75) is 80.4 Å². The van der Waals surface area contributed by atoms with Gasteiger partial charge in [-0.15, -0.1) is 0 Å². The van der Waals surface area contributed by atoms with Crippen LogP contribution in [0.5, 0.6) is 0 Å². The summed E-state index contributed by atoms with van der Waals surface area (Å²) in [7, 11) is 10.1. The van der Waals surface area contributed by atoms with Crippen molar-refractivity contribution >= 4 is 17.9 Å². The van der Waals surface area contributed by atoms with Crippen molar-refractivity contribution in [1.82, 2.24) is 14.7 Å². The van der Waals surface area contributed by atoms with Crippen molar-refractivity contribution in [3.63, 3.8) is 0 Å². The van der Waals surface area contributed by atoms with E-state index in [4.69, 9.17) is 0 Å². The average Bonchev–Trinajstić information content (AvgIpc) is 2.80. The minimum Gasteiger partial charge on any atom is -0.468 e. The van der Waals surface area contributed by atoms with Crippen LogP contribution in [0.1, 0.15) is 63.7 Å². The van der Waals surface area contributed by atoms with E-state index in [-0.39, 0.29) is 37.5 Å². The number of nitrogens with zero attached hydrogens (tertiary/aromatic N) is 3. The Morgan fingerprint density at radius 3 is 0.778 bits per heavy atom. The lowest BCUT2D eigenvalue weighted by Crippen LogP contribution is -2.38. The number of carbonyl (C=O) groups excluding carboxylic acids is 3. The van der Waals surface area contributed by atoms with Crippen molar-refractivity contribution in [2.75, 3.05) is 62.1 Å². The van der Waals surface area contributed by atoms with Gasteiger partial charge >= 0.3 is 17.9 Å². The van der Waals surface area contributed by atoms with E-state index >= 15 is 0 Å². The van der Waals surface area contributed by atoms with Gasteiger partial charge in [0.25, 0.3) is 0 Å². The van der Waals surface area contributed by atoms with E-state index in [1.54, 1.807) is 0 Å². The topological polar surface area (TPSA) is 88.6 Å². The molecule has 9 nitrogen and oxygen atoms in total. The van der Waals surface area contributed by atoms with Crippen molar-refractivity contribution in [1.29, 1.82) is 0 Å². The van der Waals surface area contributed by atoms with Gasteiger partial charge in [-0.25, -0.2) is 0 Å². The van der Waals surface area contributed by atoms with Crippen LogP contribution in [0.15, 0.2) is 0 Å². The summed E-state index contributed by atoms with van der Waals surface area (Å²) in [5, 5.41) is 0. The van der Waals surface area contributed by atoms with Crippen LogP contribution in [-0.2, 0) is 28.6 Å². The maximum absolute atomic E-state index is 11.1. The van der Waals surface area contributed by atoms with Crippen LogP contribution in [0.25, 0.3) is 0 Å². The molecule has 0 saturated carbocycles. The van der Waals surface area contributed by atoms with Crippen LogP contribution in [0, 0.1) is 17.8 Å². The van der Waals surface area contributed by atoms with Gasteiger partial charge < -0.3 is 14.2 Å². The molecule has 1 unspecified atom stereocenters. The lowest BCUT2D eigenvalue weighted by atomic mass is 10.2. The first-order chi connectivity index (χ1) is 16.5. The maximum atomic E-state index is 11.1. The highest BCUT2D eigenvalue weighted by molar-refractivity contribution is 5.75. The first kappa shape index (κ1) is 38.8. The Morgan fingerprint density at radius 1 is 0.500 bits per heavy atom. The molecule has 0 spiro atoms. The maximum Gasteiger partial charge on any atom is 0.322 e. The molecule has 0 aliphatic heterocycles. The zero-order chi connectivity index (χ0) is 29.2. The number of hydrogen-bond donors (Lipinski definition) is 0. The van der Waals surface area contributed by atoms with Gasteiger partial charge in [0.15, 0.2) is 0 Å². The lowest BCUT2D eigenvalue weighted by Gasteiger charge is -2.23. The number of methoxy groups -OCH3 is 3. The molecule has 0 heterocycles. The predicted molar refractivity (Wildman–Crippen MR) is 149 cm³/mol. The Labute approximate surface area is 223 Å². The highest BCUT2D eigenvalue weighted by atomic mass is 16.5. The summed E-state index contributed by atoms with van der Waals surface area (Å²) in [5.74, 6) is 1.21. The molecule has 0 saturated heterocycles. The van der Waals surface area contributed by atoms with Gasteiger partial charge in [0, 0.05) is 21.1 Å². The Balaban J connectivity index is -0.000000218. The molecule has 218 valence electrons. The van der Waals surface area contributed by atoms with Gasteiger partial charge in [-0.05, 0) is 59.7 Å². The summed E-state index contributed by atoms with van der Waals surface area (Å²) < 4.78 is 13.9. The number of rotatable bonds is 12. The molecule has 0 amide bonds. The average molecular weight is 523 g/mol. The fourth-order valence-corrected chi connectivity index (χ4v) is 3.25. The van der Waals surface area contributed by atoms with Crippen molar-refractivity contribution < 1.29 is 30.0 Å². The van der Waals surface area contributed by atoms with Crippen LogP contribution in [-0.4, -0.2) is 113 Å². The summed E-state index contributed by atoms with van der Waals surface area (Å²) in [6, 6.07) is -0.424. The second-order valence-electron chi connectivity index (χ2n) is 10.6. The largest absolute Gasteiger partial charge is 0.468 e. The fourth-order valence-electron chi connectivity index (χ4n) is 3.25. The summed E-state index contributed by atoms with van der Waals surface area (Å²) in [6.45, 7) is 21.1. The second-order valence-corrected chi connectivity index (χ2v) is 10.6. The van der Waals surface area contributed by atoms with Gasteiger partial charge in [-0.2, -0.15) is 0 Å². The zero-order valence-electron chi connectivity index (χ0n) is 25.9. The van der Waals surface area contributed by atoms with Gasteiger partial charge in [0.2, 0.25) is 0 Å². The zero-order valence-corrected chi connectivity index (χ0v) is 25.9. The molecule has 0 aliphatic carbocycles. The Kier molecular flexibility index (Phi) is 23.1.